The maximum absolute atomic E-state index is 10.7. The lowest BCUT2D eigenvalue weighted by Gasteiger charge is -2.13. The van der Waals surface area contributed by atoms with Crippen LogP contribution in [0.1, 0.15) is 38.7 Å². The summed E-state index contributed by atoms with van der Waals surface area (Å²) in [5.74, 6) is 0.721. The van der Waals surface area contributed by atoms with Crippen molar-refractivity contribution in [3.05, 3.63) is 82.1 Å². The third kappa shape index (κ3) is 6.18. The summed E-state index contributed by atoms with van der Waals surface area (Å²) in [6, 6.07) is 12.9. The van der Waals surface area contributed by atoms with Gasteiger partial charge in [0.25, 0.3) is 5.69 Å². The van der Waals surface area contributed by atoms with Gasteiger partial charge in [-0.15, -0.1) is 0 Å². The van der Waals surface area contributed by atoms with Crippen molar-refractivity contribution in [3.63, 3.8) is 0 Å². The molecule has 6 heteroatoms. The molecule has 0 unspecified atom stereocenters. The Morgan fingerprint density at radius 3 is 2.41 bits per heavy atom. The van der Waals surface area contributed by atoms with Crippen LogP contribution in [0.2, 0.25) is 0 Å². The Kier molecular flexibility index (Phi) is 7.43. The number of allylic oxidation sites excluding steroid dienone is 4. The van der Waals surface area contributed by atoms with Crippen LogP contribution in [0.5, 0.6) is 11.5 Å². The third-order valence-electron chi connectivity index (χ3n) is 3.99. The van der Waals surface area contributed by atoms with E-state index in [1.165, 1.54) is 12.1 Å². The van der Waals surface area contributed by atoms with Gasteiger partial charge in [-0.2, -0.15) is 0 Å². The molecular formula is C21H24N2O4. The summed E-state index contributed by atoms with van der Waals surface area (Å²) in [6.45, 7) is 4.07. The number of hydroxylamine groups is 1. The first-order chi connectivity index (χ1) is 13.0. The predicted octanol–water partition coefficient (Wildman–Crippen LogP) is 5.36. The molecular weight excluding hydrogens is 344 g/mol. The Morgan fingerprint density at radius 1 is 1.19 bits per heavy atom. The molecule has 0 amide bonds. The van der Waals surface area contributed by atoms with Gasteiger partial charge in [0, 0.05) is 17.8 Å². The second-order valence-electron chi connectivity index (χ2n) is 6.02. The van der Waals surface area contributed by atoms with E-state index in [0.717, 1.165) is 36.1 Å². The van der Waals surface area contributed by atoms with E-state index < -0.39 is 4.92 Å². The first kappa shape index (κ1) is 20.0. The molecule has 0 aromatic heterocycles. The van der Waals surface area contributed by atoms with Gasteiger partial charge in [-0.25, -0.2) is 5.48 Å². The maximum atomic E-state index is 10.7. The van der Waals surface area contributed by atoms with Crippen LogP contribution in [0.3, 0.4) is 0 Å². The molecule has 0 saturated heterocycles. The number of hydrogen-bond donors (Lipinski definition) is 2. The van der Waals surface area contributed by atoms with Crippen LogP contribution in [-0.2, 0) is 0 Å². The molecule has 0 heterocycles. The van der Waals surface area contributed by atoms with Crippen LogP contribution >= 0.6 is 0 Å². The summed E-state index contributed by atoms with van der Waals surface area (Å²) >= 11 is 0. The second-order valence-corrected chi connectivity index (χ2v) is 6.02. The number of hydrogen-bond acceptors (Lipinski definition) is 5. The monoisotopic (exact) mass is 368 g/mol. The van der Waals surface area contributed by atoms with Gasteiger partial charge in [-0.3, -0.25) is 10.1 Å². The molecule has 2 rings (SSSR count). The van der Waals surface area contributed by atoms with Crippen molar-refractivity contribution in [1.29, 1.82) is 0 Å². The van der Waals surface area contributed by atoms with Gasteiger partial charge in [-0.05, 0) is 61.2 Å². The molecule has 0 radical (unpaired) electrons. The van der Waals surface area contributed by atoms with Gasteiger partial charge in [0.1, 0.15) is 5.75 Å². The SMILES string of the molecule is C/C=C(/C=C(\CCCC)NOc1ccc([N+](=O)[O-])cc1)c1ccc(O)cc1. The number of phenolic OH excluding ortho intramolecular Hbond substituents is 1. The third-order valence-corrected chi connectivity index (χ3v) is 3.99. The first-order valence-electron chi connectivity index (χ1n) is 8.87. The fraction of sp³-hybridized carbons (Fsp3) is 0.238. The number of nitrogens with one attached hydrogen (secondary N) is 1. The summed E-state index contributed by atoms with van der Waals surface area (Å²) in [5, 5.41) is 20.2. The Hall–Kier alpha value is -3.28. The van der Waals surface area contributed by atoms with Crippen LogP contribution in [0.4, 0.5) is 5.69 Å². The van der Waals surface area contributed by atoms with Gasteiger partial charge in [0.15, 0.2) is 5.75 Å². The Bertz CT molecular complexity index is 809. The summed E-state index contributed by atoms with van der Waals surface area (Å²) in [5.41, 5.74) is 5.88. The van der Waals surface area contributed by atoms with E-state index in [-0.39, 0.29) is 11.4 Å². The molecule has 0 atom stereocenters. The highest BCUT2D eigenvalue weighted by atomic mass is 16.6. The molecule has 0 bridgehead atoms. The fourth-order valence-electron chi connectivity index (χ4n) is 2.46. The number of aromatic hydroxyl groups is 1. The van der Waals surface area contributed by atoms with Gasteiger partial charge in [0.05, 0.1) is 4.92 Å². The second kappa shape index (κ2) is 10.0. The molecule has 2 aromatic carbocycles. The van der Waals surface area contributed by atoms with E-state index in [1.807, 2.05) is 31.2 Å². The first-order valence-corrected chi connectivity index (χ1v) is 8.87. The average molecular weight is 368 g/mol. The van der Waals surface area contributed by atoms with Gasteiger partial charge in [0.2, 0.25) is 0 Å². The number of phenols is 1. The van der Waals surface area contributed by atoms with Crippen LogP contribution in [0.25, 0.3) is 5.57 Å². The molecule has 27 heavy (non-hydrogen) atoms. The number of unbranched alkanes of at least 4 members (excludes halogenated alkanes) is 1. The quantitative estimate of drug-likeness (QED) is 0.353. The van der Waals surface area contributed by atoms with Crippen LogP contribution in [0.15, 0.2) is 66.4 Å². The molecule has 0 fully saturated rings. The van der Waals surface area contributed by atoms with Crippen molar-refractivity contribution in [2.45, 2.75) is 33.1 Å². The molecule has 0 spiro atoms. The molecule has 0 aliphatic carbocycles. The van der Waals surface area contributed by atoms with E-state index >= 15 is 0 Å². The Morgan fingerprint density at radius 2 is 1.85 bits per heavy atom. The minimum Gasteiger partial charge on any atom is -0.508 e. The highest BCUT2D eigenvalue weighted by Gasteiger charge is 2.06. The van der Waals surface area contributed by atoms with E-state index in [1.54, 1.807) is 24.3 Å². The number of nitro groups is 1. The van der Waals surface area contributed by atoms with E-state index in [9.17, 15) is 15.2 Å². The molecule has 6 nitrogen and oxygen atoms in total. The molecule has 2 N–H and O–H groups in total. The zero-order valence-corrected chi connectivity index (χ0v) is 15.5. The highest BCUT2D eigenvalue weighted by Crippen LogP contribution is 2.22. The van der Waals surface area contributed by atoms with Crippen molar-refractivity contribution < 1.29 is 14.9 Å². The fourth-order valence-corrected chi connectivity index (χ4v) is 2.46. The van der Waals surface area contributed by atoms with Gasteiger partial charge in [-0.1, -0.05) is 31.6 Å². The zero-order chi connectivity index (χ0) is 19.6. The highest BCUT2D eigenvalue weighted by molar-refractivity contribution is 5.74. The molecule has 2 aromatic rings. The van der Waals surface area contributed by atoms with Crippen molar-refractivity contribution in [2.24, 2.45) is 0 Å². The van der Waals surface area contributed by atoms with Crippen molar-refractivity contribution in [1.82, 2.24) is 5.48 Å². The minimum atomic E-state index is -0.445. The van der Waals surface area contributed by atoms with Crippen molar-refractivity contribution in [3.8, 4) is 11.5 Å². The Labute approximate surface area is 158 Å². The predicted molar refractivity (Wildman–Crippen MR) is 106 cm³/mol. The number of rotatable bonds is 9. The van der Waals surface area contributed by atoms with Crippen molar-refractivity contribution in [2.75, 3.05) is 0 Å². The number of non-ortho nitro benzene ring substituents is 1. The molecule has 142 valence electrons. The largest absolute Gasteiger partial charge is 0.508 e. The molecule has 0 saturated carbocycles. The number of nitrogens with zero attached hydrogens (tertiary/aromatic N) is 1. The Balaban J connectivity index is 2.14. The van der Waals surface area contributed by atoms with Crippen LogP contribution in [0, 0.1) is 10.1 Å². The number of benzene rings is 2. The lowest BCUT2D eigenvalue weighted by molar-refractivity contribution is -0.384. The normalized spacial score (nSPS) is 11.9. The van der Waals surface area contributed by atoms with Gasteiger partial charge < -0.3 is 9.94 Å². The smallest absolute Gasteiger partial charge is 0.269 e. The summed E-state index contributed by atoms with van der Waals surface area (Å²) in [7, 11) is 0. The maximum Gasteiger partial charge on any atom is 0.269 e. The molecule has 0 aliphatic rings. The van der Waals surface area contributed by atoms with Gasteiger partial charge >= 0.3 is 0 Å². The number of nitro benzene ring substituents is 1. The van der Waals surface area contributed by atoms with Crippen LogP contribution < -0.4 is 10.3 Å². The van der Waals surface area contributed by atoms with E-state index in [4.69, 9.17) is 4.84 Å². The lowest BCUT2D eigenvalue weighted by atomic mass is 10.0. The van der Waals surface area contributed by atoms with Crippen molar-refractivity contribution >= 4 is 11.3 Å². The minimum absolute atomic E-state index is 0.0210. The van der Waals surface area contributed by atoms with E-state index in [2.05, 4.69) is 12.4 Å². The average Bonchev–Trinajstić information content (AvgIpc) is 2.68. The summed E-state index contributed by atoms with van der Waals surface area (Å²) < 4.78 is 0. The zero-order valence-electron chi connectivity index (χ0n) is 15.5. The standard InChI is InChI=1S/C21H24N2O4/c1-3-5-6-18(15-16(4-2)17-7-11-20(24)12-8-17)22-27-21-13-9-19(10-14-21)23(25)26/h4,7-15,22,24H,3,5-6H2,1-2H3/b16-4-,18-15+. The lowest BCUT2D eigenvalue weighted by Crippen LogP contribution is -2.18. The topological polar surface area (TPSA) is 84.6 Å². The van der Waals surface area contributed by atoms with E-state index in [0.29, 0.717) is 5.75 Å². The summed E-state index contributed by atoms with van der Waals surface area (Å²) in [6.07, 6.45) is 6.84. The van der Waals surface area contributed by atoms with Crippen LogP contribution in [-0.4, -0.2) is 10.0 Å². The summed E-state index contributed by atoms with van der Waals surface area (Å²) in [4.78, 5) is 15.9. The molecule has 0 aliphatic heterocycles.